The van der Waals surface area contributed by atoms with Crippen molar-refractivity contribution < 1.29 is 9.53 Å². The lowest BCUT2D eigenvalue weighted by molar-refractivity contribution is -0.150. The first-order valence-electron chi connectivity index (χ1n) is 7.57. The number of rotatable bonds is 4. The van der Waals surface area contributed by atoms with E-state index in [4.69, 9.17) is 4.74 Å². The van der Waals surface area contributed by atoms with Crippen molar-refractivity contribution in [2.75, 3.05) is 19.7 Å². The first-order chi connectivity index (χ1) is 10.3. The maximum absolute atomic E-state index is 11.9. The molecule has 0 amide bonds. The van der Waals surface area contributed by atoms with Crippen molar-refractivity contribution >= 4 is 16.9 Å². The van der Waals surface area contributed by atoms with Gasteiger partial charge in [0.1, 0.15) is 0 Å². The zero-order valence-electron chi connectivity index (χ0n) is 12.3. The molecule has 2 aromatic rings. The van der Waals surface area contributed by atoms with Crippen LogP contribution in [-0.2, 0) is 16.1 Å². The van der Waals surface area contributed by atoms with Gasteiger partial charge < -0.3 is 4.74 Å². The highest BCUT2D eigenvalue weighted by Crippen LogP contribution is 2.21. The van der Waals surface area contributed by atoms with Crippen LogP contribution in [0.5, 0.6) is 0 Å². The van der Waals surface area contributed by atoms with Gasteiger partial charge in [-0.05, 0) is 37.9 Å². The van der Waals surface area contributed by atoms with Crippen LogP contribution in [0.15, 0.2) is 24.4 Å². The summed E-state index contributed by atoms with van der Waals surface area (Å²) in [7, 11) is 0. The van der Waals surface area contributed by atoms with Crippen LogP contribution in [-0.4, -0.2) is 40.8 Å². The van der Waals surface area contributed by atoms with Gasteiger partial charge >= 0.3 is 5.97 Å². The second kappa shape index (κ2) is 6.26. The molecule has 21 heavy (non-hydrogen) atoms. The number of benzene rings is 1. The van der Waals surface area contributed by atoms with E-state index in [1.807, 2.05) is 13.1 Å². The van der Waals surface area contributed by atoms with E-state index in [9.17, 15) is 4.79 Å². The van der Waals surface area contributed by atoms with Gasteiger partial charge in [-0.25, -0.2) is 0 Å². The molecule has 1 aromatic heterocycles. The molecule has 3 rings (SSSR count). The number of aromatic nitrogens is 2. The average molecular weight is 287 g/mol. The number of carbonyl (C=O) groups is 1. The molecule has 1 aliphatic rings. The van der Waals surface area contributed by atoms with Gasteiger partial charge in [0.25, 0.3) is 0 Å². The largest absolute Gasteiger partial charge is 0.466 e. The third-order valence-electron chi connectivity index (χ3n) is 4.04. The van der Waals surface area contributed by atoms with Crippen LogP contribution in [0, 0.1) is 5.92 Å². The Morgan fingerprint density at radius 1 is 1.52 bits per heavy atom. The standard InChI is InChI=1S/C16H21N3O2/c1-2-21-16(20)14-4-3-7-19(11-14)10-12-5-6-13-9-17-18-15(13)8-12/h5-6,8-9,14H,2-4,7,10-11H2,1H3,(H,17,18)/t14-/m0/s1. The van der Waals surface area contributed by atoms with E-state index in [-0.39, 0.29) is 11.9 Å². The molecular formula is C16H21N3O2. The molecule has 2 heterocycles. The number of esters is 1. The number of ether oxygens (including phenoxy) is 1. The van der Waals surface area contributed by atoms with Gasteiger partial charge in [-0.2, -0.15) is 5.10 Å². The number of hydrogen-bond donors (Lipinski definition) is 1. The fourth-order valence-electron chi connectivity index (χ4n) is 2.99. The Morgan fingerprint density at radius 2 is 2.43 bits per heavy atom. The molecular weight excluding hydrogens is 266 g/mol. The van der Waals surface area contributed by atoms with Crippen LogP contribution in [0.2, 0.25) is 0 Å². The number of hydrogen-bond acceptors (Lipinski definition) is 4. The van der Waals surface area contributed by atoms with Gasteiger partial charge in [0.2, 0.25) is 0 Å². The summed E-state index contributed by atoms with van der Waals surface area (Å²) in [5, 5.41) is 8.17. The number of piperidine rings is 1. The third kappa shape index (κ3) is 3.24. The van der Waals surface area contributed by atoms with Crippen LogP contribution in [0.4, 0.5) is 0 Å². The van der Waals surface area contributed by atoms with Crippen molar-refractivity contribution in [3.8, 4) is 0 Å². The lowest BCUT2D eigenvalue weighted by Crippen LogP contribution is -2.38. The summed E-state index contributed by atoms with van der Waals surface area (Å²) in [5.41, 5.74) is 2.31. The monoisotopic (exact) mass is 287 g/mol. The number of carbonyl (C=O) groups excluding carboxylic acids is 1. The van der Waals surface area contributed by atoms with Gasteiger partial charge in [0.05, 0.1) is 24.2 Å². The minimum Gasteiger partial charge on any atom is -0.466 e. The summed E-state index contributed by atoms with van der Waals surface area (Å²) < 4.78 is 5.15. The molecule has 0 unspecified atom stereocenters. The van der Waals surface area contributed by atoms with Crippen molar-refractivity contribution in [3.63, 3.8) is 0 Å². The number of nitrogens with zero attached hydrogens (tertiary/aromatic N) is 2. The lowest BCUT2D eigenvalue weighted by atomic mass is 9.97. The van der Waals surface area contributed by atoms with Crippen LogP contribution < -0.4 is 0 Å². The van der Waals surface area contributed by atoms with E-state index in [1.54, 1.807) is 0 Å². The normalized spacial score (nSPS) is 19.8. The Hall–Kier alpha value is -1.88. The van der Waals surface area contributed by atoms with E-state index in [0.717, 1.165) is 43.4 Å². The molecule has 1 saturated heterocycles. The van der Waals surface area contributed by atoms with Crippen molar-refractivity contribution in [1.29, 1.82) is 0 Å². The topological polar surface area (TPSA) is 58.2 Å². The summed E-state index contributed by atoms with van der Waals surface area (Å²) in [6, 6.07) is 6.35. The highest BCUT2D eigenvalue weighted by molar-refractivity contribution is 5.78. The molecule has 1 N–H and O–H groups in total. The van der Waals surface area contributed by atoms with E-state index in [1.165, 1.54) is 5.56 Å². The van der Waals surface area contributed by atoms with Crippen molar-refractivity contribution in [2.45, 2.75) is 26.3 Å². The Labute approximate surface area is 124 Å². The number of H-pyrrole nitrogens is 1. The van der Waals surface area contributed by atoms with E-state index >= 15 is 0 Å². The fraction of sp³-hybridized carbons (Fsp3) is 0.500. The molecule has 1 aliphatic heterocycles. The predicted octanol–water partition coefficient (Wildman–Crippen LogP) is 2.34. The van der Waals surface area contributed by atoms with Crippen molar-refractivity contribution in [1.82, 2.24) is 15.1 Å². The molecule has 1 atom stereocenters. The Morgan fingerprint density at radius 3 is 3.29 bits per heavy atom. The van der Waals surface area contributed by atoms with E-state index in [0.29, 0.717) is 6.61 Å². The van der Waals surface area contributed by atoms with Crippen molar-refractivity contribution in [2.24, 2.45) is 5.92 Å². The van der Waals surface area contributed by atoms with Gasteiger partial charge in [-0.3, -0.25) is 14.8 Å². The Kier molecular flexibility index (Phi) is 4.20. The fourth-order valence-corrected chi connectivity index (χ4v) is 2.99. The number of nitrogens with one attached hydrogen (secondary N) is 1. The quantitative estimate of drug-likeness (QED) is 0.877. The summed E-state index contributed by atoms with van der Waals surface area (Å²) in [5.74, 6) is -0.0270. The Balaban J connectivity index is 1.65. The zero-order chi connectivity index (χ0) is 14.7. The highest BCUT2D eigenvalue weighted by Gasteiger charge is 2.26. The number of likely N-dealkylation sites (tertiary alicyclic amines) is 1. The molecule has 0 spiro atoms. The van der Waals surface area contributed by atoms with Crippen LogP contribution >= 0.6 is 0 Å². The zero-order valence-corrected chi connectivity index (χ0v) is 12.3. The highest BCUT2D eigenvalue weighted by atomic mass is 16.5. The molecule has 112 valence electrons. The number of fused-ring (bicyclic) bond motifs is 1. The minimum atomic E-state index is -0.0498. The van der Waals surface area contributed by atoms with Gasteiger partial charge in [-0.1, -0.05) is 12.1 Å². The summed E-state index contributed by atoms with van der Waals surface area (Å²) in [6.45, 7) is 5.02. The SMILES string of the molecule is CCOC(=O)[C@H]1CCCN(Cc2ccc3cn[nH]c3c2)C1. The maximum atomic E-state index is 11.9. The minimum absolute atomic E-state index is 0.0228. The molecule has 5 nitrogen and oxygen atoms in total. The summed E-state index contributed by atoms with van der Waals surface area (Å²) >= 11 is 0. The molecule has 0 bridgehead atoms. The first kappa shape index (κ1) is 14.1. The van der Waals surface area contributed by atoms with Crippen molar-refractivity contribution in [3.05, 3.63) is 30.0 Å². The predicted molar refractivity (Wildman–Crippen MR) is 80.7 cm³/mol. The molecule has 0 radical (unpaired) electrons. The molecule has 0 aliphatic carbocycles. The smallest absolute Gasteiger partial charge is 0.310 e. The molecule has 1 fully saturated rings. The van der Waals surface area contributed by atoms with Crippen LogP contribution in [0.1, 0.15) is 25.3 Å². The second-order valence-corrected chi connectivity index (χ2v) is 5.62. The second-order valence-electron chi connectivity index (χ2n) is 5.62. The molecule has 5 heteroatoms. The lowest BCUT2D eigenvalue weighted by Gasteiger charge is -2.31. The molecule has 1 aromatic carbocycles. The maximum Gasteiger partial charge on any atom is 0.310 e. The molecule has 0 saturated carbocycles. The van der Waals surface area contributed by atoms with E-state index < -0.39 is 0 Å². The third-order valence-corrected chi connectivity index (χ3v) is 4.04. The Bertz CT molecular complexity index is 623. The van der Waals surface area contributed by atoms with Gasteiger partial charge in [0, 0.05) is 18.5 Å². The van der Waals surface area contributed by atoms with E-state index in [2.05, 4.69) is 33.3 Å². The number of aromatic amines is 1. The summed E-state index contributed by atoms with van der Waals surface area (Å²) in [4.78, 5) is 14.2. The average Bonchev–Trinajstić information content (AvgIpc) is 2.95. The van der Waals surface area contributed by atoms with Gasteiger partial charge in [-0.15, -0.1) is 0 Å². The first-order valence-corrected chi connectivity index (χ1v) is 7.57. The van der Waals surface area contributed by atoms with Crippen LogP contribution in [0.3, 0.4) is 0 Å². The van der Waals surface area contributed by atoms with Gasteiger partial charge in [0.15, 0.2) is 0 Å². The summed E-state index contributed by atoms with van der Waals surface area (Å²) in [6.07, 6.45) is 3.82. The van der Waals surface area contributed by atoms with Crippen LogP contribution in [0.25, 0.3) is 10.9 Å².